The minimum absolute atomic E-state index is 0.00380. The molecule has 2 saturated heterocycles. The van der Waals surface area contributed by atoms with Crippen LogP contribution in [0.15, 0.2) is 17.5 Å². The number of piperidine rings is 2. The van der Waals surface area contributed by atoms with Gasteiger partial charge in [-0.05, 0) is 162 Å². The summed E-state index contributed by atoms with van der Waals surface area (Å²) >= 11 is 0. The number of anilines is 4. The van der Waals surface area contributed by atoms with E-state index in [1.807, 2.05) is 0 Å². The molecule has 632 valence electrons. The second-order valence-electron chi connectivity index (χ2n) is 32.4. The first kappa shape index (κ1) is 85.8. The summed E-state index contributed by atoms with van der Waals surface area (Å²) in [4.78, 5) is 74.8. The molecule has 37 heteroatoms. The fourth-order valence-electron chi connectivity index (χ4n) is 18.2. The lowest BCUT2D eigenvalue weighted by atomic mass is 9.53. The minimum atomic E-state index is -1.07. The lowest BCUT2D eigenvalue weighted by molar-refractivity contribution is -0.129. The summed E-state index contributed by atoms with van der Waals surface area (Å²) in [5.74, 6) is 7.46. The minimum Gasteiger partial charge on any atom is -0.461 e. The number of rotatable bonds is 57. The number of nitrogens with zero attached hydrogens (tertiary/aromatic N) is 17. The van der Waals surface area contributed by atoms with E-state index in [0.717, 1.165) is 87.4 Å². The van der Waals surface area contributed by atoms with Gasteiger partial charge in [0, 0.05) is 86.9 Å². The van der Waals surface area contributed by atoms with Crippen molar-refractivity contribution in [1.29, 1.82) is 0 Å². The number of carbonyl (C=O) groups is 3. The fourth-order valence-corrected chi connectivity index (χ4v) is 18.2. The summed E-state index contributed by atoms with van der Waals surface area (Å²) in [6.07, 6.45) is 24.2. The van der Waals surface area contributed by atoms with Gasteiger partial charge in [0.25, 0.3) is 0 Å². The third-order valence-electron chi connectivity index (χ3n) is 23.1. The van der Waals surface area contributed by atoms with E-state index in [9.17, 15) is 14.4 Å². The maximum Gasteiger partial charge on any atom is 0.323 e. The molecule has 0 radical (unpaired) electrons. The molecular formula is C77H124N22O15. The fraction of sp³-hybridized carbons (Fsp3) is 0.831. The van der Waals surface area contributed by atoms with Gasteiger partial charge in [-0.1, -0.05) is 29.4 Å². The monoisotopic (exact) mass is 1600 g/mol. The molecule has 4 aromatic heterocycles. The Bertz CT molecular complexity index is 3510. The number of azide groups is 1. The zero-order valence-corrected chi connectivity index (χ0v) is 67.1. The first-order valence-corrected chi connectivity index (χ1v) is 42.1. The van der Waals surface area contributed by atoms with E-state index in [2.05, 4.69) is 80.9 Å². The number of aromatic nitrogens is 12. The Labute approximate surface area is 668 Å². The number of nitrogens with one attached hydrogen (secondary N) is 5. The normalized spacial score (nSPS) is 23.2. The van der Waals surface area contributed by atoms with E-state index in [-0.39, 0.29) is 42.9 Å². The summed E-state index contributed by atoms with van der Waals surface area (Å²) in [6.45, 7) is 18.2. The van der Waals surface area contributed by atoms with Crippen molar-refractivity contribution >= 4 is 41.5 Å². The average molecular weight is 1600 g/mol. The van der Waals surface area contributed by atoms with Gasteiger partial charge in [-0.25, -0.2) is 9.36 Å². The molecule has 0 unspecified atom stereocenters. The van der Waals surface area contributed by atoms with E-state index in [4.69, 9.17) is 92.3 Å². The van der Waals surface area contributed by atoms with Crippen LogP contribution in [0.1, 0.15) is 141 Å². The highest BCUT2D eigenvalue weighted by atomic mass is 16.6. The van der Waals surface area contributed by atoms with Crippen molar-refractivity contribution in [3.8, 4) is 12.0 Å². The van der Waals surface area contributed by atoms with Crippen molar-refractivity contribution in [3.63, 3.8) is 0 Å². The zero-order valence-electron chi connectivity index (χ0n) is 67.1. The maximum absolute atomic E-state index is 13.3. The molecule has 1 atom stereocenters. The summed E-state index contributed by atoms with van der Waals surface area (Å²) < 4.78 is 72.4. The van der Waals surface area contributed by atoms with Crippen LogP contribution in [-0.2, 0) is 87.7 Å². The largest absolute Gasteiger partial charge is 0.461 e. The molecule has 2 aliphatic heterocycles. The second-order valence-corrected chi connectivity index (χ2v) is 32.4. The summed E-state index contributed by atoms with van der Waals surface area (Å²) in [5.41, 5.74) is 10.2. The van der Waals surface area contributed by atoms with Crippen molar-refractivity contribution in [2.24, 2.45) is 52.5 Å². The van der Waals surface area contributed by atoms with Gasteiger partial charge in [0.1, 0.15) is 25.8 Å². The van der Waals surface area contributed by atoms with Gasteiger partial charge in [0.2, 0.25) is 41.5 Å². The second kappa shape index (κ2) is 45.8. The van der Waals surface area contributed by atoms with E-state index in [0.29, 0.717) is 230 Å². The Kier molecular flexibility index (Phi) is 34.5. The molecule has 10 aliphatic rings. The molecule has 8 aliphatic carbocycles. The van der Waals surface area contributed by atoms with E-state index >= 15 is 0 Å². The van der Waals surface area contributed by atoms with E-state index in [1.165, 1.54) is 77.0 Å². The Morgan fingerprint density at radius 2 is 0.825 bits per heavy atom. The number of amides is 3. The zero-order chi connectivity index (χ0) is 78.8. The molecule has 8 bridgehead atoms. The first-order chi connectivity index (χ1) is 55.8. The topological polar surface area (TPSA) is 416 Å². The van der Waals surface area contributed by atoms with Crippen molar-refractivity contribution in [2.45, 2.75) is 172 Å². The molecule has 5 N–H and O–H groups in total. The molecule has 8 saturated carbocycles. The number of hydrogen-bond donors (Lipinski definition) is 5. The highest BCUT2D eigenvalue weighted by Gasteiger charge is 2.53. The van der Waals surface area contributed by atoms with Crippen LogP contribution in [0, 0.1) is 47.3 Å². The lowest BCUT2D eigenvalue weighted by Crippen LogP contribution is -2.55. The molecule has 3 amide bonds. The third-order valence-corrected chi connectivity index (χ3v) is 23.1. The number of carbonyl (C=O) groups excluding carboxylic acids is 3. The van der Waals surface area contributed by atoms with Gasteiger partial charge >= 0.3 is 12.0 Å². The van der Waals surface area contributed by atoms with Crippen molar-refractivity contribution < 1.29 is 71.2 Å². The molecule has 4 aromatic rings. The number of ether oxygens (including phenoxy) is 12. The van der Waals surface area contributed by atoms with Gasteiger partial charge in [0.15, 0.2) is 0 Å². The maximum atomic E-state index is 13.3. The van der Waals surface area contributed by atoms with Gasteiger partial charge in [-0.2, -0.15) is 29.9 Å². The summed E-state index contributed by atoms with van der Waals surface area (Å²) in [5, 5.41) is 35.9. The predicted octanol–water partition coefficient (Wildman–Crippen LogP) is 5.39. The molecule has 0 aromatic carbocycles. The Morgan fingerprint density at radius 1 is 0.474 bits per heavy atom. The standard InChI is InChI=1S/C77H124N22O15/c1-56-7-13-96(14-8-56)72-83-70(89-76-47-58-41-59(48-76)43-60(42-58)49-76)85-74(87-72)113-39-37-111-35-33-109-31-29-107-27-25-105-23-21-103-19-17-98-54-64(91-94-98)5-11-79-67(100)4-3-66(82-68(101)53-81-93-78)69(102)80-12-6-65-55-99(95-92-65)18-20-104-22-24-106-26-28-108-30-32-110-34-36-112-38-40-114-75-86-71(84-73(88-75)97-15-9-57(2)10-16-97)90-77-50-61-44-62(51-77)46-63(45-61)52-77/h54-63,66H,3-53H2,1-2H3,(H,79,100)(H,80,102)(H,82,101)(H,83,85,87,89)(H,84,86,88,90)/t58?,59?,60?,61?,62?,63?,66-,76?,77?/m0/s1. The van der Waals surface area contributed by atoms with Crippen molar-refractivity contribution in [2.75, 3.05) is 212 Å². The molecular weight excluding hydrogens is 1470 g/mol. The molecule has 37 nitrogen and oxygen atoms in total. The molecule has 114 heavy (non-hydrogen) atoms. The summed E-state index contributed by atoms with van der Waals surface area (Å²) in [6, 6.07) is -0.387. The van der Waals surface area contributed by atoms with E-state index < -0.39 is 24.4 Å². The third kappa shape index (κ3) is 28.7. The van der Waals surface area contributed by atoms with Crippen LogP contribution < -0.4 is 45.9 Å². The van der Waals surface area contributed by atoms with Crippen molar-refractivity contribution in [1.82, 2.24) is 75.8 Å². The van der Waals surface area contributed by atoms with E-state index in [1.54, 1.807) is 21.8 Å². The Balaban J connectivity index is 0.420. The predicted molar refractivity (Wildman–Crippen MR) is 418 cm³/mol. The highest BCUT2D eigenvalue weighted by Crippen LogP contribution is 2.58. The van der Waals surface area contributed by atoms with Crippen LogP contribution in [0.4, 0.5) is 23.8 Å². The molecule has 10 fully saturated rings. The van der Waals surface area contributed by atoms with Crippen molar-refractivity contribution in [3.05, 3.63) is 34.2 Å². The van der Waals surface area contributed by atoms with Crippen LogP contribution in [0.3, 0.4) is 0 Å². The lowest BCUT2D eigenvalue weighted by Gasteiger charge is -2.56. The first-order valence-electron chi connectivity index (χ1n) is 42.1. The Morgan fingerprint density at radius 3 is 1.19 bits per heavy atom. The molecule has 14 rings (SSSR count). The smallest absolute Gasteiger partial charge is 0.323 e. The highest BCUT2D eigenvalue weighted by molar-refractivity contribution is 5.89. The van der Waals surface area contributed by atoms with Gasteiger partial charge < -0.3 is 93.2 Å². The van der Waals surface area contributed by atoms with Gasteiger partial charge in [-0.3, -0.25) is 14.4 Å². The van der Waals surface area contributed by atoms with Gasteiger partial charge in [-0.15, -0.1) is 10.2 Å². The van der Waals surface area contributed by atoms with Crippen LogP contribution in [0.5, 0.6) is 12.0 Å². The SMILES string of the molecule is CC1CCN(c2nc(NC34CC5CC(CC(C5)C3)C4)nc(OCCOCCOCCOCCOCCOCCn3cc(CCNC(=O)CC[C@H](NC(=O)CN=[N+]=[N-])C(=O)NCCc4cn(CCOCCOCCOCCOCCOCCOc5nc(NC67CC8CC(CC(C8)C6)C7)nc(N6CCC(C)CC6)n5)nn4)nn3)n2)CC1. The number of hydrogen-bond acceptors (Lipinski definition) is 30. The average Bonchev–Trinajstić information content (AvgIpc) is 0.851. The van der Waals surface area contributed by atoms with Crippen LogP contribution in [0.25, 0.3) is 10.4 Å². The summed E-state index contributed by atoms with van der Waals surface area (Å²) in [7, 11) is 0. The van der Waals surface area contributed by atoms with Crippen LogP contribution in [0.2, 0.25) is 0 Å². The Hall–Kier alpha value is -7.58. The van der Waals surface area contributed by atoms with Crippen LogP contribution in [-0.4, -0.2) is 286 Å². The quantitative estimate of drug-likeness (QED) is 0.0160. The van der Waals surface area contributed by atoms with Gasteiger partial charge in [0.05, 0.1) is 157 Å². The van der Waals surface area contributed by atoms with Crippen LogP contribution >= 0.6 is 0 Å². The molecule has 6 heterocycles. The molecule has 0 spiro atoms.